The highest BCUT2D eigenvalue weighted by Crippen LogP contribution is 2.11. The standard InChI is InChI=1S/C10H17NO2/c1-3-12-6-7-13-10-8-9(2)4-5-11-10/h4-5,9H,3,6-8H2,1-2H3. The highest BCUT2D eigenvalue weighted by atomic mass is 16.5. The van der Waals surface area contributed by atoms with Gasteiger partial charge in [0, 0.05) is 19.2 Å². The zero-order valence-electron chi connectivity index (χ0n) is 8.32. The lowest BCUT2D eigenvalue weighted by atomic mass is 10.1. The number of rotatable bonds is 4. The first kappa shape index (κ1) is 10.3. The molecule has 0 radical (unpaired) electrons. The van der Waals surface area contributed by atoms with Gasteiger partial charge in [-0.2, -0.15) is 0 Å². The number of nitrogens with zero attached hydrogens (tertiary/aromatic N) is 1. The van der Waals surface area contributed by atoms with Crippen LogP contribution in [-0.2, 0) is 9.47 Å². The zero-order chi connectivity index (χ0) is 9.52. The van der Waals surface area contributed by atoms with Gasteiger partial charge in [-0.3, -0.25) is 0 Å². The van der Waals surface area contributed by atoms with E-state index in [1.54, 1.807) is 0 Å². The molecule has 3 heteroatoms. The van der Waals surface area contributed by atoms with Crippen molar-refractivity contribution in [3.8, 4) is 0 Å². The van der Waals surface area contributed by atoms with E-state index in [1.807, 2.05) is 13.1 Å². The Bertz CT molecular complexity index is 199. The van der Waals surface area contributed by atoms with E-state index in [0.29, 0.717) is 19.1 Å². The molecule has 1 aliphatic heterocycles. The van der Waals surface area contributed by atoms with Crippen LogP contribution in [0.15, 0.2) is 17.3 Å². The molecule has 0 fully saturated rings. The molecule has 0 saturated carbocycles. The third-order valence-corrected chi connectivity index (χ3v) is 1.83. The van der Waals surface area contributed by atoms with Crippen molar-refractivity contribution >= 4 is 5.90 Å². The third-order valence-electron chi connectivity index (χ3n) is 1.83. The molecule has 0 saturated heterocycles. The maximum Gasteiger partial charge on any atom is 0.188 e. The second-order valence-electron chi connectivity index (χ2n) is 3.09. The quantitative estimate of drug-likeness (QED) is 0.624. The van der Waals surface area contributed by atoms with Crippen LogP contribution in [0.5, 0.6) is 0 Å². The molecule has 1 aliphatic rings. The van der Waals surface area contributed by atoms with Gasteiger partial charge < -0.3 is 9.47 Å². The second kappa shape index (κ2) is 5.75. The molecule has 0 amide bonds. The summed E-state index contributed by atoms with van der Waals surface area (Å²) in [5.41, 5.74) is 0. The topological polar surface area (TPSA) is 30.8 Å². The van der Waals surface area contributed by atoms with Crippen LogP contribution in [0.4, 0.5) is 0 Å². The van der Waals surface area contributed by atoms with Crippen molar-refractivity contribution < 1.29 is 9.47 Å². The molecule has 74 valence electrons. The van der Waals surface area contributed by atoms with Gasteiger partial charge in [0.2, 0.25) is 0 Å². The Hall–Kier alpha value is -0.830. The molecular formula is C10H17NO2. The molecule has 0 aromatic heterocycles. The number of ether oxygens (including phenoxy) is 2. The molecule has 0 aromatic rings. The van der Waals surface area contributed by atoms with Gasteiger partial charge in [0.05, 0.1) is 6.61 Å². The summed E-state index contributed by atoms with van der Waals surface area (Å²) in [6, 6.07) is 0. The SMILES string of the molecule is CCOCCOC1=NC=CC(C)C1. The first-order valence-corrected chi connectivity index (χ1v) is 4.76. The van der Waals surface area contributed by atoms with E-state index >= 15 is 0 Å². The number of aliphatic imine (C=N–C) groups is 1. The average Bonchev–Trinajstić information content (AvgIpc) is 2.13. The Labute approximate surface area is 79.5 Å². The van der Waals surface area contributed by atoms with Crippen LogP contribution in [0, 0.1) is 5.92 Å². The van der Waals surface area contributed by atoms with E-state index in [2.05, 4.69) is 18.0 Å². The average molecular weight is 183 g/mol. The minimum Gasteiger partial charge on any atom is -0.478 e. The van der Waals surface area contributed by atoms with Crippen molar-refractivity contribution in [1.82, 2.24) is 0 Å². The molecule has 1 heterocycles. The van der Waals surface area contributed by atoms with Crippen molar-refractivity contribution in [3.05, 3.63) is 12.3 Å². The molecule has 1 atom stereocenters. The smallest absolute Gasteiger partial charge is 0.188 e. The first-order chi connectivity index (χ1) is 6.33. The Balaban J connectivity index is 2.14. The molecule has 0 N–H and O–H groups in total. The van der Waals surface area contributed by atoms with Crippen molar-refractivity contribution in [1.29, 1.82) is 0 Å². The zero-order valence-corrected chi connectivity index (χ0v) is 8.32. The van der Waals surface area contributed by atoms with Crippen LogP contribution in [0.25, 0.3) is 0 Å². The van der Waals surface area contributed by atoms with E-state index in [1.165, 1.54) is 0 Å². The Kier molecular flexibility index (Phi) is 4.54. The van der Waals surface area contributed by atoms with Crippen molar-refractivity contribution in [2.24, 2.45) is 10.9 Å². The fraction of sp³-hybridized carbons (Fsp3) is 0.700. The van der Waals surface area contributed by atoms with Gasteiger partial charge in [0.25, 0.3) is 0 Å². The molecule has 1 rings (SSSR count). The second-order valence-corrected chi connectivity index (χ2v) is 3.09. The molecular weight excluding hydrogens is 166 g/mol. The highest BCUT2D eigenvalue weighted by Gasteiger charge is 2.08. The summed E-state index contributed by atoms with van der Waals surface area (Å²) in [6.07, 6.45) is 4.79. The Morgan fingerprint density at radius 3 is 3.08 bits per heavy atom. The van der Waals surface area contributed by atoms with Crippen LogP contribution < -0.4 is 0 Å². The normalized spacial score (nSPS) is 21.4. The van der Waals surface area contributed by atoms with Gasteiger partial charge in [-0.15, -0.1) is 0 Å². The minimum absolute atomic E-state index is 0.541. The van der Waals surface area contributed by atoms with E-state index in [-0.39, 0.29) is 0 Å². The van der Waals surface area contributed by atoms with Gasteiger partial charge in [0.1, 0.15) is 6.61 Å². The molecule has 13 heavy (non-hydrogen) atoms. The largest absolute Gasteiger partial charge is 0.478 e. The molecule has 0 bridgehead atoms. The lowest BCUT2D eigenvalue weighted by molar-refractivity contribution is 0.104. The molecule has 3 nitrogen and oxygen atoms in total. The predicted octanol–water partition coefficient (Wildman–Crippen LogP) is 1.99. The van der Waals surface area contributed by atoms with Gasteiger partial charge >= 0.3 is 0 Å². The summed E-state index contributed by atoms with van der Waals surface area (Å²) in [4.78, 5) is 4.14. The fourth-order valence-electron chi connectivity index (χ4n) is 1.13. The lowest BCUT2D eigenvalue weighted by Crippen LogP contribution is -2.14. The summed E-state index contributed by atoms with van der Waals surface area (Å²) < 4.78 is 10.6. The predicted molar refractivity (Wildman–Crippen MR) is 52.8 cm³/mol. The van der Waals surface area contributed by atoms with Gasteiger partial charge in [-0.05, 0) is 12.8 Å². The first-order valence-electron chi connectivity index (χ1n) is 4.76. The molecule has 0 spiro atoms. The highest BCUT2D eigenvalue weighted by molar-refractivity contribution is 5.77. The Morgan fingerprint density at radius 2 is 2.38 bits per heavy atom. The maximum atomic E-state index is 5.43. The summed E-state index contributed by atoms with van der Waals surface area (Å²) in [5.74, 6) is 1.37. The molecule has 0 aliphatic carbocycles. The van der Waals surface area contributed by atoms with Crippen LogP contribution in [0.3, 0.4) is 0 Å². The van der Waals surface area contributed by atoms with Crippen LogP contribution >= 0.6 is 0 Å². The minimum atomic E-state index is 0.541. The summed E-state index contributed by atoms with van der Waals surface area (Å²) in [5, 5.41) is 0. The Morgan fingerprint density at radius 1 is 1.54 bits per heavy atom. The summed E-state index contributed by atoms with van der Waals surface area (Å²) in [6.45, 7) is 6.12. The van der Waals surface area contributed by atoms with Crippen molar-refractivity contribution in [2.45, 2.75) is 20.3 Å². The number of allylic oxidation sites excluding steroid dienone is 1. The van der Waals surface area contributed by atoms with Crippen molar-refractivity contribution in [3.63, 3.8) is 0 Å². The van der Waals surface area contributed by atoms with E-state index in [0.717, 1.165) is 18.9 Å². The molecule has 0 aromatic carbocycles. The number of hydrogen-bond donors (Lipinski definition) is 0. The van der Waals surface area contributed by atoms with E-state index in [4.69, 9.17) is 9.47 Å². The maximum absolute atomic E-state index is 5.43. The van der Waals surface area contributed by atoms with E-state index < -0.39 is 0 Å². The number of hydrogen-bond acceptors (Lipinski definition) is 3. The van der Waals surface area contributed by atoms with Crippen LogP contribution in [-0.4, -0.2) is 25.7 Å². The third kappa shape index (κ3) is 4.08. The summed E-state index contributed by atoms with van der Waals surface area (Å²) in [7, 11) is 0. The monoisotopic (exact) mass is 183 g/mol. The summed E-state index contributed by atoms with van der Waals surface area (Å²) >= 11 is 0. The van der Waals surface area contributed by atoms with Crippen LogP contribution in [0.1, 0.15) is 20.3 Å². The van der Waals surface area contributed by atoms with Crippen LogP contribution in [0.2, 0.25) is 0 Å². The fourth-order valence-corrected chi connectivity index (χ4v) is 1.13. The van der Waals surface area contributed by atoms with E-state index in [9.17, 15) is 0 Å². The van der Waals surface area contributed by atoms with Crippen molar-refractivity contribution in [2.75, 3.05) is 19.8 Å². The lowest BCUT2D eigenvalue weighted by Gasteiger charge is -2.13. The van der Waals surface area contributed by atoms with Gasteiger partial charge in [-0.1, -0.05) is 13.0 Å². The molecule has 1 unspecified atom stereocenters. The van der Waals surface area contributed by atoms with Gasteiger partial charge in [0.15, 0.2) is 5.90 Å². The van der Waals surface area contributed by atoms with Gasteiger partial charge in [-0.25, -0.2) is 4.99 Å².